The topological polar surface area (TPSA) is 34.1 Å². The Hall–Kier alpha value is -0.640. The Balaban J connectivity index is 2.08. The molecule has 1 aliphatic heterocycles. The van der Waals surface area contributed by atoms with E-state index in [-0.39, 0.29) is 6.10 Å². The lowest BCUT2D eigenvalue weighted by Crippen LogP contribution is -2.16. The van der Waals surface area contributed by atoms with Crippen LogP contribution in [0, 0.1) is 0 Å². The second kappa shape index (κ2) is 4.73. The summed E-state index contributed by atoms with van der Waals surface area (Å²) in [6.45, 7) is 2.68. The van der Waals surface area contributed by atoms with E-state index in [1.165, 1.54) is 0 Å². The van der Waals surface area contributed by atoms with Crippen molar-refractivity contribution in [1.29, 1.82) is 0 Å². The van der Waals surface area contributed by atoms with Crippen molar-refractivity contribution in [3.8, 4) is 0 Å². The van der Waals surface area contributed by atoms with Gasteiger partial charge < -0.3 is 10.1 Å². The highest BCUT2D eigenvalue weighted by Crippen LogP contribution is 2.21. The van der Waals surface area contributed by atoms with E-state index < -0.39 is 0 Å². The van der Waals surface area contributed by atoms with Crippen LogP contribution >= 0.6 is 11.6 Å². The van der Waals surface area contributed by atoms with Crippen molar-refractivity contribution >= 4 is 11.6 Å². The zero-order valence-electron chi connectivity index (χ0n) is 7.87. The molecule has 1 atom stereocenters. The van der Waals surface area contributed by atoms with E-state index >= 15 is 0 Å². The normalized spacial score (nSPS) is 23.1. The molecule has 3 nitrogen and oxygen atoms in total. The van der Waals surface area contributed by atoms with Crippen molar-refractivity contribution in [2.24, 2.45) is 0 Å². The largest absolute Gasteiger partial charge is 0.372 e. The van der Waals surface area contributed by atoms with Gasteiger partial charge in [-0.05, 0) is 24.6 Å². The van der Waals surface area contributed by atoms with E-state index in [2.05, 4.69) is 10.3 Å². The Kier molecular flexibility index (Phi) is 3.35. The van der Waals surface area contributed by atoms with Gasteiger partial charge in [0.15, 0.2) is 0 Å². The van der Waals surface area contributed by atoms with Crippen molar-refractivity contribution in [1.82, 2.24) is 10.3 Å². The Labute approximate surface area is 88.4 Å². The Morgan fingerprint density at radius 2 is 2.36 bits per heavy atom. The molecule has 76 valence electrons. The molecule has 14 heavy (non-hydrogen) atoms. The first-order valence-corrected chi connectivity index (χ1v) is 5.18. The zero-order valence-corrected chi connectivity index (χ0v) is 8.63. The molecule has 0 aromatic carbocycles. The molecule has 1 unspecified atom stereocenters. The molecule has 0 amide bonds. The van der Waals surface area contributed by atoms with Gasteiger partial charge in [0, 0.05) is 12.7 Å². The summed E-state index contributed by atoms with van der Waals surface area (Å²) < 4.78 is 5.68. The van der Waals surface area contributed by atoms with Gasteiger partial charge in [0.2, 0.25) is 0 Å². The SMILES string of the molecule is Clc1ccc(C2CCNCCO2)cn1. The van der Waals surface area contributed by atoms with Gasteiger partial charge in [-0.2, -0.15) is 0 Å². The van der Waals surface area contributed by atoms with Gasteiger partial charge in [0.25, 0.3) is 0 Å². The number of ether oxygens (including phenoxy) is 1. The van der Waals surface area contributed by atoms with Gasteiger partial charge in [0.05, 0.1) is 12.7 Å². The summed E-state index contributed by atoms with van der Waals surface area (Å²) >= 11 is 5.72. The maximum Gasteiger partial charge on any atom is 0.129 e. The lowest BCUT2D eigenvalue weighted by molar-refractivity contribution is 0.0642. The fourth-order valence-electron chi connectivity index (χ4n) is 1.56. The summed E-state index contributed by atoms with van der Waals surface area (Å²) in [7, 11) is 0. The number of rotatable bonds is 1. The molecule has 1 aromatic heterocycles. The molecule has 2 rings (SSSR count). The number of nitrogens with zero attached hydrogens (tertiary/aromatic N) is 1. The maximum atomic E-state index is 5.72. The quantitative estimate of drug-likeness (QED) is 0.721. The van der Waals surface area contributed by atoms with E-state index in [0.717, 1.165) is 31.7 Å². The minimum absolute atomic E-state index is 0.162. The van der Waals surface area contributed by atoms with Crippen LogP contribution < -0.4 is 5.32 Å². The van der Waals surface area contributed by atoms with Crippen molar-refractivity contribution in [2.75, 3.05) is 19.7 Å². The summed E-state index contributed by atoms with van der Waals surface area (Å²) in [4.78, 5) is 4.05. The van der Waals surface area contributed by atoms with Crippen LogP contribution in [0.2, 0.25) is 5.15 Å². The molecule has 2 heterocycles. The predicted molar refractivity (Wildman–Crippen MR) is 55.4 cm³/mol. The fraction of sp³-hybridized carbons (Fsp3) is 0.500. The van der Waals surface area contributed by atoms with Crippen LogP contribution in [0.4, 0.5) is 0 Å². The Morgan fingerprint density at radius 1 is 1.43 bits per heavy atom. The molecule has 0 radical (unpaired) electrons. The summed E-state index contributed by atoms with van der Waals surface area (Å²) in [5.74, 6) is 0. The van der Waals surface area contributed by atoms with Gasteiger partial charge in [0.1, 0.15) is 5.15 Å². The molecule has 0 saturated carbocycles. The first kappa shape index (κ1) is 9.90. The summed E-state index contributed by atoms with van der Waals surface area (Å²) in [6.07, 6.45) is 2.94. The van der Waals surface area contributed by atoms with Crippen molar-refractivity contribution in [3.05, 3.63) is 29.0 Å². The molecular weight excluding hydrogens is 200 g/mol. The minimum atomic E-state index is 0.162. The highest BCUT2D eigenvalue weighted by Gasteiger charge is 2.14. The average molecular weight is 213 g/mol. The molecule has 1 aliphatic rings. The summed E-state index contributed by atoms with van der Waals surface area (Å²) in [6, 6.07) is 3.78. The predicted octanol–water partition coefficient (Wildman–Crippen LogP) is 1.79. The third-order valence-corrected chi connectivity index (χ3v) is 2.53. The smallest absolute Gasteiger partial charge is 0.129 e. The van der Waals surface area contributed by atoms with Crippen LogP contribution in [-0.2, 0) is 4.74 Å². The van der Waals surface area contributed by atoms with Crippen LogP contribution in [0.3, 0.4) is 0 Å². The second-order valence-corrected chi connectivity index (χ2v) is 3.70. The molecule has 1 N–H and O–H groups in total. The van der Waals surface area contributed by atoms with Crippen molar-refractivity contribution in [3.63, 3.8) is 0 Å². The molecule has 0 aliphatic carbocycles. The Bertz CT molecular complexity index is 281. The molecule has 0 bridgehead atoms. The van der Waals surface area contributed by atoms with Crippen LogP contribution in [0.25, 0.3) is 0 Å². The first-order chi connectivity index (χ1) is 6.86. The van der Waals surface area contributed by atoms with Crippen LogP contribution in [-0.4, -0.2) is 24.7 Å². The number of hydrogen-bond donors (Lipinski definition) is 1. The van der Waals surface area contributed by atoms with E-state index in [1.807, 2.05) is 6.07 Å². The molecule has 1 saturated heterocycles. The van der Waals surface area contributed by atoms with E-state index in [9.17, 15) is 0 Å². The number of nitrogens with one attached hydrogen (secondary N) is 1. The zero-order chi connectivity index (χ0) is 9.80. The summed E-state index contributed by atoms with van der Waals surface area (Å²) in [5.41, 5.74) is 1.11. The third-order valence-electron chi connectivity index (χ3n) is 2.30. The molecule has 1 aromatic rings. The fourth-order valence-corrected chi connectivity index (χ4v) is 1.67. The lowest BCUT2D eigenvalue weighted by atomic mass is 10.1. The van der Waals surface area contributed by atoms with Gasteiger partial charge in [-0.15, -0.1) is 0 Å². The third kappa shape index (κ3) is 2.44. The van der Waals surface area contributed by atoms with Crippen LogP contribution in [0.15, 0.2) is 18.3 Å². The number of aromatic nitrogens is 1. The second-order valence-electron chi connectivity index (χ2n) is 3.31. The molecule has 0 spiro atoms. The van der Waals surface area contributed by atoms with E-state index in [4.69, 9.17) is 16.3 Å². The standard InChI is InChI=1S/C10H13ClN2O/c11-10-2-1-8(7-13-10)9-3-4-12-5-6-14-9/h1-2,7,9,12H,3-6H2. The average Bonchev–Trinajstić information content (AvgIpc) is 2.47. The van der Waals surface area contributed by atoms with E-state index in [0.29, 0.717) is 5.15 Å². The molecule has 4 heteroatoms. The minimum Gasteiger partial charge on any atom is -0.372 e. The number of pyridine rings is 1. The molecular formula is C10H13ClN2O. The number of hydrogen-bond acceptors (Lipinski definition) is 3. The highest BCUT2D eigenvalue weighted by molar-refractivity contribution is 6.29. The summed E-state index contributed by atoms with van der Waals surface area (Å²) in [5, 5.41) is 3.82. The Morgan fingerprint density at radius 3 is 3.14 bits per heavy atom. The van der Waals surface area contributed by atoms with Crippen LogP contribution in [0.1, 0.15) is 18.1 Å². The van der Waals surface area contributed by atoms with E-state index in [1.54, 1.807) is 12.3 Å². The number of halogens is 1. The van der Waals surface area contributed by atoms with Crippen molar-refractivity contribution in [2.45, 2.75) is 12.5 Å². The van der Waals surface area contributed by atoms with Crippen molar-refractivity contribution < 1.29 is 4.74 Å². The van der Waals surface area contributed by atoms with Gasteiger partial charge in [-0.25, -0.2) is 4.98 Å². The lowest BCUT2D eigenvalue weighted by Gasteiger charge is -2.14. The van der Waals surface area contributed by atoms with Crippen LogP contribution in [0.5, 0.6) is 0 Å². The van der Waals surface area contributed by atoms with Gasteiger partial charge in [-0.3, -0.25) is 0 Å². The highest BCUT2D eigenvalue weighted by atomic mass is 35.5. The monoisotopic (exact) mass is 212 g/mol. The first-order valence-electron chi connectivity index (χ1n) is 4.80. The molecule has 1 fully saturated rings. The van der Waals surface area contributed by atoms with Gasteiger partial charge >= 0.3 is 0 Å². The maximum absolute atomic E-state index is 5.72. The van der Waals surface area contributed by atoms with Gasteiger partial charge in [-0.1, -0.05) is 17.7 Å².